The van der Waals surface area contributed by atoms with Crippen LogP contribution in [-0.2, 0) is 16.1 Å². The molecule has 246 valence electrons. The number of carbonyl (C=O) groups excluding carboxylic acids is 2. The molecule has 10 nitrogen and oxygen atoms in total. The van der Waals surface area contributed by atoms with Crippen LogP contribution in [0.4, 0.5) is 51.3 Å². The predicted molar refractivity (Wildman–Crippen MR) is 152 cm³/mol. The number of benzene rings is 3. The highest BCUT2D eigenvalue weighted by Gasteiger charge is 2.33. The van der Waals surface area contributed by atoms with E-state index in [1.54, 1.807) is 0 Å². The van der Waals surface area contributed by atoms with Gasteiger partial charge in [0.15, 0.2) is 11.0 Å². The number of nitrogens with one attached hydrogen (secondary N) is 1. The van der Waals surface area contributed by atoms with E-state index in [1.165, 1.54) is 35.3 Å². The first-order chi connectivity index (χ1) is 22.1. The molecular formula is C28H18F8N6O4S. The number of amidine groups is 1. The molecule has 1 aliphatic rings. The molecule has 1 N–H and O–H groups in total. The third-order valence-corrected chi connectivity index (χ3v) is 6.99. The molecule has 0 radical (unpaired) electrons. The third-order valence-electron chi connectivity index (χ3n) is 6.07. The second kappa shape index (κ2) is 13.4. The number of nitrogens with zero attached hydrogens (tertiary/aromatic N) is 5. The van der Waals surface area contributed by atoms with Gasteiger partial charge < -0.3 is 14.8 Å². The summed E-state index contributed by atoms with van der Waals surface area (Å²) in [6, 6.07) is 10.2. The maximum atomic E-state index is 15.0. The molecule has 0 unspecified atom stereocenters. The van der Waals surface area contributed by atoms with Gasteiger partial charge in [-0.1, -0.05) is 17.8 Å². The summed E-state index contributed by atoms with van der Waals surface area (Å²) in [5.74, 6) is -2.94. The summed E-state index contributed by atoms with van der Waals surface area (Å²) in [5, 5.41) is 6.16. The summed E-state index contributed by atoms with van der Waals surface area (Å²) in [6.45, 7) is -2.21. The standard InChI is InChI=1S/C28H18F8N6O4S/c29-17-4-1-16(11-45-13-27(31,32)33)22(9-17)42-23(43)12-47-26(42)39-25(44)38-21-8-5-18(10-20(21)30)41-14-37-24(40-41)15-2-6-19(7-3-15)46-28(34,35)36/h1-10,14H,11-13H2,(H,38,44). The summed E-state index contributed by atoms with van der Waals surface area (Å²) in [7, 11) is 0. The van der Waals surface area contributed by atoms with Crippen LogP contribution in [0.1, 0.15) is 5.56 Å². The molecule has 19 heteroatoms. The Balaban J connectivity index is 1.29. The van der Waals surface area contributed by atoms with Crippen molar-refractivity contribution in [1.82, 2.24) is 14.8 Å². The molecule has 1 aromatic heterocycles. The fourth-order valence-corrected chi connectivity index (χ4v) is 4.99. The van der Waals surface area contributed by atoms with Crippen molar-refractivity contribution in [1.29, 1.82) is 0 Å². The Hall–Kier alpha value is -5.04. The lowest BCUT2D eigenvalue weighted by atomic mass is 10.1. The van der Waals surface area contributed by atoms with E-state index in [1.807, 2.05) is 0 Å². The maximum Gasteiger partial charge on any atom is 0.573 e. The molecule has 47 heavy (non-hydrogen) atoms. The molecule has 2 heterocycles. The van der Waals surface area contributed by atoms with Crippen LogP contribution in [0.3, 0.4) is 0 Å². The van der Waals surface area contributed by atoms with Crippen molar-refractivity contribution < 1.29 is 54.2 Å². The molecule has 3 amide bonds. The first kappa shape index (κ1) is 33.3. The Labute approximate surface area is 263 Å². The van der Waals surface area contributed by atoms with Gasteiger partial charge in [-0.05, 0) is 48.5 Å². The van der Waals surface area contributed by atoms with Crippen LogP contribution >= 0.6 is 11.8 Å². The number of ether oxygens (including phenoxy) is 2. The molecule has 5 rings (SSSR count). The topological polar surface area (TPSA) is 111 Å². The van der Waals surface area contributed by atoms with Gasteiger partial charge in [0, 0.05) is 17.2 Å². The Morgan fingerprint density at radius 3 is 2.43 bits per heavy atom. The second-order valence-electron chi connectivity index (χ2n) is 9.47. The average molecular weight is 687 g/mol. The van der Waals surface area contributed by atoms with Crippen LogP contribution in [0.5, 0.6) is 5.75 Å². The second-order valence-corrected chi connectivity index (χ2v) is 10.4. The van der Waals surface area contributed by atoms with Crippen molar-refractivity contribution >= 4 is 40.2 Å². The van der Waals surface area contributed by atoms with Crippen LogP contribution in [-0.4, -0.2) is 56.8 Å². The first-order valence-electron chi connectivity index (χ1n) is 13.0. The fraction of sp³-hybridized carbons (Fsp3) is 0.179. The summed E-state index contributed by atoms with van der Waals surface area (Å²) in [4.78, 5) is 34.1. The number of aromatic nitrogens is 3. The van der Waals surface area contributed by atoms with E-state index in [0.717, 1.165) is 53.1 Å². The van der Waals surface area contributed by atoms with Gasteiger partial charge in [0.2, 0.25) is 5.91 Å². The quantitative estimate of drug-likeness (QED) is 0.202. The number of anilines is 2. The van der Waals surface area contributed by atoms with Crippen LogP contribution in [0.15, 0.2) is 72.0 Å². The van der Waals surface area contributed by atoms with Crippen LogP contribution in [0.25, 0.3) is 17.1 Å². The lowest BCUT2D eigenvalue weighted by Crippen LogP contribution is -2.31. The smallest absolute Gasteiger partial charge is 0.406 e. The van der Waals surface area contributed by atoms with Crippen molar-refractivity contribution in [3.63, 3.8) is 0 Å². The van der Waals surface area contributed by atoms with Crippen molar-refractivity contribution in [3.8, 4) is 22.8 Å². The average Bonchev–Trinajstić information content (AvgIpc) is 3.61. The highest BCUT2D eigenvalue weighted by Crippen LogP contribution is 2.32. The molecule has 1 fully saturated rings. The van der Waals surface area contributed by atoms with E-state index >= 15 is 0 Å². The van der Waals surface area contributed by atoms with Crippen molar-refractivity contribution in [3.05, 3.63) is 84.2 Å². The van der Waals surface area contributed by atoms with Crippen molar-refractivity contribution in [2.45, 2.75) is 19.1 Å². The van der Waals surface area contributed by atoms with E-state index < -0.39 is 55.1 Å². The predicted octanol–water partition coefficient (Wildman–Crippen LogP) is 6.86. The minimum Gasteiger partial charge on any atom is -0.406 e. The van der Waals surface area contributed by atoms with E-state index in [2.05, 4.69) is 29.9 Å². The van der Waals surface area contributed by atoms with Gasteiger partial charge in [0.05, 0.1) is 29.4 Å². The first-order valence-corrected chi connectivity index (χ1v) is 14.0. The summed E-state index contributed by atoms with van der Waals surface area (Å²) in [5.41, 5.74) is 0.0268. The van der Waals surface area contributed by atoms with Gasteiger partial charge in [-0.15, -0.1) is 18.3 Å². The number of halogens is 8. The van der Waals surface area contributed by atoms with Crippen molar-refractivity contribution in [2.75, 3.05) is 22.6 Å². The van der Waals surface area contributed by atoms with Gasteiger partial charge in [0.1, 0.15) is 30.3 Å². The molecule has 0 atom stereocenters. The Morgan fingerprint density at radius 1 is 1.00 bits per heavy atom. The molecule has 0 aliphatic carbocycles. The lowest BCUT2D eigenvalue weighted by Gasteiger charge is -2.20. The third kappa shape index (κ3) is 8.61. The molecule has 3 aromatic carbocycles. The highest BCUT2D eigenvalue weighted by atomic mass is 32.2. The van der Waals surface area contributed by atoms with E-state index in [0.29, 0.717) is 5.56 Å². The fourth-order valence-electron chi connectivity index (χ4n) is 4.13. The maximum absolute atomic E-state index is 15.0. The largest absolute Gasteiger partial charge is 0.573 e. The van der Waals surface area contributed by atoms with E-state index in [-0.39, 0.29) is 39.4 Å². The van der Waals surface area contributed by atoms with Crippen LogP contribution < -0.4 is 15.0 Å². The summed E-state index contributed by atoms with van der Waals surface area (Å²) >= 11 is 0.795. The zero-order chi connectivity index (χ0) is 33.9. The van der Waals surface area contributed by atoms with Crippen molar-refractivity contribution in [2.24, 2.45) is 4.99 Å². The molecular weight excluding hydrogens is 668 g/mol. The Kier molecular flexibility index (Phi) is 9.48. The Morgan fingerprint density at radius 2 is 1.74 bits per heavy atom. The number of amides is 3. The highest BCUT2D eigenvalue weighted by molar-refractivity contribution is 8.15. The van der Waals surface area contributed by atoms with Crippen LogP contribution in [0.2, 0.25) is 0 Å². The SMILES string of the molecule is O=C(N=C1SCC(=O)N1c1cc(F)ccc1COCC(F)(F)F)Nc1ccc(-n2cnc(-c3ccc(OC(F)(F)F)cc3)n2)cc1F. The molecule has 0 saturated carbocycles. The zero-order valence-corrected chi connectivity index (χ0v) is 24.1. The van der Waals surface area contributed by atoms with Gasteiger partial charge in [-0.25, -0.2) is 23.2 Å². The van der Waals surface area contributed by atoms with E-state index in [4.69, 9.17) is 0 Å². The molecule has 0 spiro atoms. The summed E-state index contributed by atoms with van der Waals surface area (Å²) in [6.07, 6.45) is -8.25. The minimum absolute atomic E-state index is 0.0185. The number of rotatable bonds is 8. The van der Waals surface area contributed by atoms with E-state index in [9.17, 15) is 44.7 Å². The number of carbonyl (C=O) groups is 2. The monoisotopic (exact) mass is 686 g/mol. The molecule has 1 saturated heterocycles. The number of hydrogen-bond acceptors (Lipinski definition) is 7. The number of thioether (sulfide) groups is 1. The number of aliphatic imine (C=N–C) groups is 1. The normalized spacial score (nSPS) is 14.6. The Bertz CT molecular complexity index is 1830. The number of hydrogen-bond donors (Lipinski definition) is 1. The molecule has 0 bridgehead atoms. The summed E-state index contributed by atoms with van der Waals surface area (Å²) < 4.78 is 114. The van der Waals surface area contributed by atoms with Crippen LogP contribution in [0, 0.1) is 11.6 Å². The number of alkyl halides is 6. The minimum atomic E-state index is -4.86. The zero-order valence-electron chi connectivity index (χ0n) is 23.3. The number of urea groups is 1. The molecule has 4 aromatic rings. The lowest BCUT2D eigenvalue weighted by molar-refractivity contribution is -0.274. The molecule has 1 aliphatic heterocycles. The van der Waals surface area contributed by atoms with Gasteiger partial charge in [-0.2, -0.15) is 18.2 Å². The van der Waals surface area contributed by atoms with Gasteiger partial charge >= 0.3 is 18.6 Å². The van der Waals surface area contributed by atoms with Gasteiger partial charge in [-0.3, -0.25) is 9.69 Å². The van der Waals surface area contributed by atoms with Gasteiger partial charge in [0.25, 0.3) is 0 Å².